The fourth-order valence-corrected chi connectivity index (χ4v) is 2.88. The lowest BCUT2D eigenvalue weighted by molar-refractivity contribution is -0.139. The summed E-state index contributed by atoms with van der Waals surface area (Å²) >= 11 is 3.17. The molecule has 1 heterocycles. The zero-order valence-electron chi connectivity index (χ0n) is 13.4. The number of Topliss-reactive ketones (excluding diaryl/α,β-unsaturated/α-hetero) is 1. The summed E-state index contributed by atoms with van der Waals surface area (Å²) in [6.07, 6.45) is 0.0766. The molecule has 0 aliphatic heterocycles. The number of ether oxygens (including phenoxy) is 1. The van der Waals surface area contributed by atoms with Gasteiger partial charge in [-0.2, -0.15) is 0 Å². The van der Waals surface area contributed by atoms with Gasteiger partial charge >= 0.3 is 5.97 Å². The van der Waals surface area contributed by atoms with Crippen LogP contribution in [0, 0.1) is 0 Å². The summed E-state index contributed by atoms with van der Waals surface area (Å²) in [6.45, 7) is 0. The third-order valence-corrected chi connectivity index (χ3v) is 4.24. The summed E-state index contributed by atoms with van der Waals surface area (Å²) in [4.78, 5) is 28.0. The molecule has 0 aliphatic rings. The maximum absolute atomic E-state index is 11.7. The third kappa shape index (κ3) is 3.99. The zero-order chi connectivity index (χ0) is 17.1. The van der Waals surface area contributed by atoms with Crippen LogP contribution in [0.3, 0.4) is 0 Å². The number of aromatic nitrogens is 2. The Kier molecular flexibility index (Phi) is 6.50. The zero-order valence-corrected chi connectivity index (χ0v) is 16.7. The smallest absolute Gasteiger partial charge is 0.313 e. The number of hydrogen-bond acceptors (Lipinski definition) is 4. The number of esters is 1. The van der Waals surface area contributed by atoms with Crippen molar-refractivity contribution in [1.29, 1.82) is 0 Å². The van der Waals surface area contributed by atoms with Gasteiger partial charge in [0, 0.05) is 11.3 Å². The van der Waals surface area contributed by atoms with Gasteiger partial charge in [0.25, 0.3) is 0 Å². The Morgan fingerprint density at radius 3 is 2.44 bits per heavy atom. The van der Waals surface area contributed by atoms with Crippen LogP contribution in [0.5, 0.6) is 0 Å². The topological polar surface area (TPSA) is 61.2 Å². The molecule has 3 rings (SSSR count). The number of fused-ring (bicyclic) bond motifs is 1. The van der Waals surface area contributed by atoms with Crippen LogP contribution in [0.1, 0.15) is 16.2 Å². The number of benzene rings is 2. The lowest BCUT2D eigenvalue weighted by atomic mass is 10.1. The average molecular weight is 468 g/mol. The van der Waals surface area contributed by atoms with Gasteiger partial charge in [0.2, 0.25) is 0 Å². The maximum atomic E-state index is 11.7. The molecule has 2 aromatic carbocycles. The minimum Gasteiger partial charge on any atom is -0.469 e. The van der Waals surface area contributed by atoms with Gasteiger partial charge in [-0.3, -0.25) is 14.2 Å². The predicted molar refractivity (Wildman–Crippen MR) is 105 cm³/mol. The number of imidazole rings is 1. The van der Waals surface area contributed by atoms with Crippen LogP contribution < -0.4 is 0 Å². The molecular formula is C18H16Br2N2O3. The molecule has 0 N–H and O–H groups in total. The molecule has 0 unspecified atom stereocenters. The summed E-state index contributed by atoms with van der Waals surface area (Å²) in [7, 11) is 1.36. The van der Waals surface area contributed by atoms with Crippen molar-refractivity contribution in [2.75, 3.05) is 12.4 Å². The Bertz CT molecular complexity index is 904. The van der Waals surface area contributed by atoms with Crippen molar-refractivity contribution in [2.45, 2.75) is 6.42 Å². The minimum absolute atomic E-state index is 0. The van der Waals surface area contributed by atoms with Gasteiger partial charge in [0.05, 0.1) is 23.5 Å². The molecule has 0 atom stereocenters. The highest BCUT2D eigenvalue weighted by Crippen LogP contribution is 2.22. The number of carbonyl (C=O) groups is 2. The molecule has 7 heteroatoms. The first-order valence-corrected chi connectivity index (χ1v) is 8.49. The molecule has 0 amide bonds. The predicted octanol–water partition coefficient (Wildman–Crippen LogP) is 3.90. The summed E-state index contributed by atoms with van der Waals surface area (Å²) in [5.74, 6) is 0.270. The van der Waals surface area contributed by atoms with Gasteiger partial charge in [0.1, 0.15) is 12.2 Å². The molecular weight excluding hydrogens is 452 g/mol. The number of rotatable bonds is 5. The third-order valence-electron chi connectivity index (χ3n) is 3.73. The normalized spacial score (nSPS) is 10.3. The van der Waals surface area contributed by atoms with E-state index in [0.717, 1.165) is 16.7 Å². The first-order chi connectivity index (χ1) is 11.6. The Balaban J connectivity index is 0.00000225. The van der Waals surface area contributed by atoms with Crippen LogP contribution in [0.4, 0.5) is 0 Å². The quantitative estimate of drug-likeness (QED) is 0.324. The molecule has 130 valence electrons. The van der Waals surface area contributed by atoms with E-state index < -0.39 is 0 Å². The maximum Gasteiger partial charge on any atom is 0.313 e. The molecule has 0 aliphatic carbocycles. The second-order valence-electron chi connectivity index (χ2n) is 5.21. The van der Waals surface area contributed by atoms with Crippen LogP contribution in [-0.2, 0) is 16.0 Å². The molecule has 0 radical (unpaired) electrons. The highest BCUT2D eigenvalue weighted by atomic mass is 79.9. The summed E-state index contributed by atoms with van der Waals surface area (Å²) in [6, 6.07) is 14.9. The fourth-order valence-electron chi connectivity index (χ4n) is 2.56. The van der Waals surface area contributed by atoms with Gasteiger partial charge in [-0.25, -0.2) is 4.98 Å². The molecule has 0 bridgehead atoms. The number of alkyl halides is 1. The van der Waals surface area contributed by atoms with Crippen molar-refractivity contribution in [3.05, 3.63) is 59.9 Å². The Labute approximate surface area is 163 Å². The van der Waals surface area contributed by atoms with Gasteiger partial charge in [-0.05, 0) is 36.4 Å². The molecule has 0 saturated carbocycles. The average Bonchev–Trinajstić information content (AvgIpc) is 2.98. The molecule has 1 aromatic heterocycles. The first kappa shape index (κ1) is 19.3. The molecule has 25 heavy (non-hydrogen) atoms. The van der Waals surface area contributed by atoms with Gasteiger partial charge in [-0.1, -0.05) is 28.1 Å². The van der Waals surface area contributed by atoms with Gasteiger partial charge in [0.15, 0.2) is 5.78 Å². The number of halogens is 2. The summed E-state index contributed by atoms with van der Waals surface area (Å²) in [5.41, 5.74) is 3.18. The van der Waals surface area contributed by atoms with Crippen molar-refractivity contribution in [2.24, 2.45) is 0 Å². The Morgan fingerprint density at radius 2 is 1.80 bits per heavy atom. The number of methoxy groups -OCH3 is 1. The van der Waals surface area contributed by atoms with E-state index >= 15 is 0 Å². The monoisotopic (exact) mass is 466 g/mol. The number of carbonyl (C=O) groups excluding carboxylic acids is 2. The van der Waals surface area contributed by atoms with Crippen molar-refractivity contribution >= 4 is 55.7 Å². The SMILES string of the molecule is Br.COC(=O)Cc1nc2ccccc2n1-c1ccc(C(=O)CBr)cc1. The number of hydrogen-bond donors (Lipinski definition) is 0. The lowest BCUT2D eigenvalue weighted by Gasteiger charge is -2.09. The van der Waals surface area contributed by atoms with Gasteiger partial charge < -0.3 is 4.74 Å². The van der Waals surface area contributed by atoms with E-state index in [1.165, 1.54) is 7.11 Å². The largest absolute Gasteiger partial charge is 0.469 e. The standard InChI is InChI=1S/C18H15BrN2O3.BrH/c1-24-18(23)10-17-20-14-4-2-3-5-15(14)21(17)13-8-6-12(7-9-13)16(22)11-19;/h2-9H,10-11H2,1H3;1H. The molecule has 0 spiro atoms. The van der Waals surface area contributed by atoms with Crippen molar-refractivity contribution < 1.29 is 14.3 Å². The number of para-hydroxylation sites is 2. The van der Waals surface area contributed by atoms with Crippen molar-refractivity contribution in [1.82, 2.24) is 9.55 Å². The summed E-state index contributed by atoms with van der Waals surface area (Å²) < 4.78 is 6.68. The molecule has 5 nitrogen and oxygen atoms in total. The Hall–Kier alpha value is -1.99. The van der Waals surface area contributed by atoms with E-state index in [9.17, 15) is 9.59 Å². The fraction of sp³-hybridized carbons (Fsp3) is 0.167. The van der Waals surface area contributed by atoms with Crippen LogP contribution in [0.25, 0.3) is 16.7 Å². The highest BCUT2D eigenvalue weighted by molar-refractivity contribution is 9.09. The molecule has 3 aromatic rings. The van der Waals surface area contributed by atoms with E-state index in [0.29, 0.717) is 11.4 Å². The lowest BCUT2D eigenvalue weighted by Crippen LogP contribution is -2.10. The van der Waals surface area contributed by atoms with E-state index in [2.05, 4.69) is 20.9 Å². The van der Waals surface area contributed by atoms with E-state index in [-0.39, 0.29) is 40.5 Å². The highest BCUT2D eigenvalue weighted by Gasteiger charge is 2.16. The first-order valence-electron chi connectivity index (χ1n) is 7.37. The molecule has 0 fully saturated rings. The second kappa shape index (κ2) is 8.40. The van der Waals surface area contributed by atoms with Crippen LogP contribution in [0.2, 0.25) is 0 Å². The summed E-state index contributed by atoms with van der Waals surface area (Å²) in [5, 5.41) is 0.286. The van der Waals surface area contributed by atoms with E-state index in [4.69, 9.17) is 4.74 Å². The van der Waals surface area contributed by atoms with Crippen LogP contribution in [0.15, 0.2) is 48.5 Å². The van der Waals surface area contributed by atoms with Crippen molar-refractivity contribution in [3.8, 4) is 5.69 Å². The molecule has 0 saturated heterocycles. The van der Waals surface area contributed by atoms with E-state index in [1.54, 1.807) is 12.1 Å². The number of ketones is 1. The second-order valence-corrected chi connectivity index (χ2v) is 5.77. The number of nitrogens with zero attached hydrogens (tertiary/aromatic N) is 2. The van der Waals surface area contributed by atoms with Crippen molar-refractivity contribution in [3.63, 3.8) is 0 Å². The van der Waals surface area contributed by atoms with Gasteiger partial charge in [-0.15, -0.1) is 17.0 Å². The van der Waals surface area contributed by atoms with Crippen LogP contribution in [-0.4, -0.2) is 33.7 Å². The van der Waals surface area contributed by atoms with Crippen LogP contribution >= 0.6 is 32.9 Å². The minimum atomic E-state index is -0.349. The van der Waals surface area contributed by atoms with E-state index in [1.807, 2.05) is 41.0 Å². The Morgan fingerprint density at radius 1 is 1.12 bits per heavy atom.